The summed E-state index contributed by atoms with van der Waals surface area (Å²) in [4.78, 5) is 4.06. The van der Waals surface area contributed by atoms with Crippen LogP contribution in [0.1, 0.15) is 17.2 Å². The van der Waals surface area contributed by atoms with Crippen LogP contribution in [0.15, 0.2) is 79.1 Å². The summed E-state index contributed by atoms with van der Waals surface area (Å²) in [7, 11) is 0. The van der Waals surface area contributed by atoms with E-state index in [1.807, 2.05) is 42.5 Å². The molecular formula is C20H20N2O. The number of pyridine rings is 1. The molecule has 3 heteroatoms. The topological polar surface area (TPSA) is 45.1 Å². The van der Waals surface area contributed by atoms with Gasteiger partial charge in [-0.3, -0.25) is 4.98 Å². The Hall–Kier alpha value is -2.49. The molecule has 0 aliphatic carbocycles. The Morgan fingerprint density at radius 3 is 2.39 bits per heavy atom. The lowest BCUT2D eigenvalue weighted by Crippen LogP contribution is -2.23. The van der Waals surface area contributed by atoms with Crippen LogP contribution in [-0.4, -0.2) is 16.7 Å². The van der Waals surface area contributed by atoms with Crippen molar-refractivity contribution in [2.75, 3.05) is 6.61 Å². The maximum absolute atomic E-state index is 9.62. The van der Waals surface area contributed by atoms with E-state index in [4.69, 9.17) is 0 Å². The summed E-state index contributed by atoms with van der Waals surface area (Å²) in [5, 5.41) is 13.0. The minimum atomic E-state index is -0.0548. The molecule has 3 rings (SSSR count). The minimum absolute atomic E-state index is 0.0548. The molecule has 3 aromatic rings. The highest BCUT2D eigenvalue weighted by atomic mass is 16.3. The van der Waals surface area contributed by atoms with Crippen LogP contribution in [0.2, 0.25) is 0 Å². The van der Waals surface area contributed by atoms with Gasteiger partial charge in [0, 0.05) is 18.9 Å². The summed E-state index contributed by atoms with van der Waals surface area (Å²) in [5.41, 5.74) is 4.62. The van der Waals surface area contributed by atoms with Crippen molar-refractivity contribution in [2.24, 2.45) is 0 Å². The second kappa shape index (κ2) is 7.68. The second-order valence-corrected chi connectivity index (χ2v) is 5.46. The van der Waals surface area contributed by atoms with Crippen molar-refractivity contribution in [3.63, 3.8) is 0 Å². The Morgan fingerprint density at radius 1 is 0.870 bits per heavy atom. The Kier molecular flexibility index (Phi) is 5.14. The van der Waals surface area contributed by atoms with E-state index in [9.17, 15) is 5.11 Å². The average Bonchev–Trinajstić information content (AvgIpc) is 2.64. The number of benzene rings is 2. The van der Waals surface area contributed by atoms with Gasteiger partial charge in [0.05, 0.1) is 12.6 Å². The van der Waals surface area contributed by atoms with Crippen LogP contribution in [0.4, 0.5) is 0 Å². The molecular weight excluding hydrogens is 284 g/mol. The van der Waals surface area contributed by atoms with Gasteiger partial charge in [0.15, 0.2) is 0 Å². The third-order valence-electron chi connectivity index (χ3n) is 3.88. The molecule has 0 amide bonds. The van der Waals surface area contributed by atoms with E-state index < -0.39 is 0 Å². The van der Waals surface area contributed by atoms with E-state index in [2.05, 4.69) is 34.6 Å². The van der Waals surface area contributed by atoms with Crippen molar-refractivity contribution >= 4 is 0 Å². The van der Waals surface area contributed by atoms with E-state index in [0.717, 1.165) is 11.1 Å². The Bertz CT molecular complexity index is 729. The number of rotatable bonds is 6. The van der Waals surface area contributed by atoms with Crippen molar-refractivity contribution in [1.82, 2.24) is 10.3 Å². The quantitative estimate of drug-likeness (QED) is 0.732. The Balaban J connectivity index is 1.71. The molecule has 1 aromatic heterocycles. The van der Waals surface area contributed by atoms with E-state index in [-0.39, 0.29) is 12.6 Å². The molecule has 0 spiro atoms. The van der Waals surface area contributed by atoms with Crippen LogP contribution in [0, 0.1) is 0 Å². The Labute approximate surface area is 136 Å². The van der Waals surface area contributed by atoms with Gasteiger partial charge in [0.25, 0.3) is 0 Å². The number of nitrogens with one attached hydrogen (secondary N) is 1. The molecule has 0 aliphatic rings. The molecule has 0 fully saturated rings. The van der Waals surface area contributed by atoms with Gasteiger partial charge < -0.3 is 10.4 Å². The first-order valence-electron chi connectivity index (χ1n) is 7.75. The lowest BCUT2D eigenvalue weighted by atomic mass is 10.0. The number of aliphatic hydroxyl groups excluding tert-OH is 1. The highest BCUT2D eigenvalue weighted by Gasteiger charge is 2.09. The number of hydrogen-bond donors (Lipinski definition) is 2. The molecule has 116 valence electrons. The molecule has 2 N–H and O–H groups in total. The summed E-state index contributed by atoms with van der Waals surface area (Å²) in [6, 6.07) is 22.4. The molecule has 2 aromatic carbocycles. The maximum atomic E-state index is 9.62. The first-order valence-corrected chi connectivity index (χ1v) is 7.75. The predicted octanol–water partition coefficient (Wildman–Crippen LogP) is 3.57. The van der Waals surface area contributed by atoms with Crippen LogP contribution in [0.3, 0.4) is 0 Å². The number of hydrogen-bond acceptors (Lipinski definition) is 3. The molecule has 0 bridgehead atoms. The van der Waals surface area contributed by atoms with Crippen LogP contribution >= 0.6 is 0 Å². The van der Waals surface area contributed by atoms with Crippen molar-refractivity contribution in [3.05, 3.63) is 90.3 Å². The van der Waals surface area contributed by atoms with Gasteiger partial charge in [-0.25, -0.2) is 0 Å². The van der Waals surface area contributed by atoms with E-state index >= 15 is 0 Å². The van der Waals surface area contributed by atoms with E-state index in [0.29, 0.717) is 6.54 Å². The zero-order valence-electron chi connectivity index (χ0n) is 12.9. The molecule has 0 saturated heterocycles. The monoisotopic (exact) mass is 304 g/mol. The van der Waals surface area contributed by atoms with E-state index in [1.165, 1.54) is 11.1 Å². The van der Waals surface area contributed by atoms with Gasteiger partial charge in [-0.05, 0) is 40.5 Å². The van der Waals surface area contributed by atoms with Gasteiger partial charge in [0.2, 0.25) is 0 Å². The summed E-state index contributed by atoms with van der Waals surface area (Å²) in [6.07, 6.45) is 3.61. The van der Waals surface area contributed by atoms with Crippen molar-refractivity contribution < 1.29 is 5.11 Å². The summed E-state index contributed by atoms with van der Waals surface area (Å²) < 4.78 is 0. The number of aliphatic hydroxyl groups is 1. The SMILES string of the molecule is OC[C@@H](NCc1cccc(-c2ccncc2)c1)c1ccccc1. The van der Waals surface area contributed by atoms with Gasteiger partial charge in [-0.15, -0.1) is 0 Å². The van der Waals surface area contributed by atoms with Crippen LogP contribution in [0.25, 0.3) is 11.1 Å². The van der Waals surface area contributed by atoms with E-state index in [1.54, 1.807) is 12.4 Å². The van der Waals surface area contributed by atoms with Crippen LogP contribution < -0.4 is 5.32 Å². The highest BCUT2D eigenvalue weighted by molar-refractivity contribution is 5.63. The number of nitrogens with zero attached hydrogens (tertiary/aromatic N) is 1. The largest absolute Gasteiger partial charge is 0.394 e. The first-order chi connectivity index (χ1) is 11.4. The van der Waals surface area contributed by atoms with Crippen molar-refractivity contribution in [3.8, 4) is 11.1 Å². The zero-order chi connectivity index (χ0) is 15.9. The van der Waals surface area contributed by atoms with Gasteiger partial charge >= 0.3 is 0 Å². The molecule has 1 heterocycles. The summed E-state index contributed by atoms with van der Waals surface area (Å²) in [6.45, 7) is 0.785. The van der Waals surface area contributed by atoms with Gasteiger partial charge in [0.1, 0.15) is 0 Å². The standard InChI is InChI=1S/C20H20N2O/c23-15-20(18-6-2-1-3-7-18)22-14-16-5-4-8-19(13-16)17-9-11-21-12-10-17/h1-13,20,22-23H,14-15H2/t20-/m1/s1. The summed E-state index contributed by atoms with van der Waals surface area (Å²) >= 11 is 0. The number of aromatic nitrogens is 1. The second-order valence-electron chi connectivity index (χ2n) is 5.46. The fourth-order valence-electron chi connectivity index (χ4n) is 2.62. The lowest BCUT2D eigenvalue weighted by molar-refractivity contribution is 0.243. The molecule has 0 aliphatic heterocycles. The predicted molar refractivity (Wildman–Crippen MR) is 92.8 cm³/mol. The first kappa shape index (κ1) is 15.4. The Morgan fingerprint density at radius 2 is 1.65 bits per heavy atom. The maximum Gasteiger partial charge on any atom is 0.0626 e. The van der Waals surface area contributed by atoms with Crippen molar-refractivity contribution in [1.29, 1.82) is 0 Å². The van der Waals surface area contributed by atoms with Gasteiger partial charge in [-0.1, -0.05) is 48.5 Å². The average molecular weight is 304 g/mol. The normalized spacial score (nSPS) is 12.0. The minimum Gasteiger partial charge on any atom is -0.394 e. The van der Waals surface area contributed by atoms with Gasteiger partial charge in [-0.2, -0.15) is 0 Å². The molecule has 3 nitrogen and oxygen atoms in total. The van der Waals surface area contributed by atoms with Crippen molar-refractivity contribution in [2.45, 2.75) is 12.6 Å². The lowest BCUT2D eigenvalue weighted by Gasteiger charge is -2.17. The van der Waals surface area contributed by atoms with Crippen LogP contribution in [-0.2, 0) is 6.54 Å². The molecule has 0 unspecified atom stereocenters. The fraction of sp³-hybridized carbons (Fsp3) is 0.150. The summed E-state index contributed by atoms with van der Waals surface area (Å²) in [5.74, 6) is 0. The molecule has 0 saturated carbocycles. The van der Waals surface area contributed by atoms with Crippen LogP contribution in [0.5, 0.6) is 0 Å². The molecule has 23 heavy (non-hydrogen) atoms. The molecule has 1 atom stereocenters. The fourth-order valence-corrected chi connectivity index (χ4v) is 2.62. The zero-order valence-corrected chi connectivity index (χ0v) is 12.9. The smallest absolute Gasteiger partial charge is 0.0626 e. The highest BCUT2D eigenvalue weighted by Crippen LogP contribution is 2.20. The molecule has 0 radical (unpaired) electrons. The third-order valence-corrected chi connectivity index (χ3v) is 3.88. The third kappa shape index (κ3) is 4.03.